The third-order valence-electron chi connectivity index (χ3n) is 2.80. The molecule has 0 aliphatic rings. The number of aromatic nitrogens is 2. The van der Waals surface area contributed by atoms with E-state index in [1.54, 1.807) is 0 Å². The van der Waals surface area contributed by atoms with Crippen LogP contribution in [0.15, 0.2) is 36.7 Å². The fourth-order valence-corrected chi connectivity index (χ4v) is 2.15. The smallest absolute Gasteiger partial charge is 0.0678 e. The van der Waals surface area contributed by atoms with Gasteiger partial charge in [0, 0.05) is 12.2 Å². The Kier molecular flexibility index (Phi) is 4.17. The number of benzene rings is 1. The van der Waals surface area contributed by atoms with Crippen molar-refractivity contribution in [2.24, 2.45) is 5.73 Å². The van der Waals surface area contributed by atoms with Crippen molar-refractivity contribution in [2.45, 2.75) is 25.8 Å². The number of hydrogen-bond donors (Lipinski definition) is 1. The minimum absolute atomic E-state index is 0.214. The SMILES string of the molecule is CCC(N)Cc1ccccc1-n1cc(I)cn1. The molecule has 4 heteroatoms. The maximum Gasteiger partial charge on any atom is 0.0678 e. The van der Waals surface area contributed by atoms with E-state index in [1.165, 1.54) is 5.56 Å². The molecule has 2 N–H and O–H groups in total. The van der Waals surface area contributed by atoms with Gasteiger partial charge in [0.15, 0.2) is 0 Å². The molecular weight excluding hydrogens is 325 g/mol. The molecule has 0 saturated carbocycles. The molecule has 1 atom stereocenters. The van der Waals surface area contributed by atoms with E-state index >= 15 is 0 Å². The molecule has 0 spiro atoms. The minimum atomic E-state index is 0.214. The van der Waals surface area contributed by atoms with E-state index in [-0.39, 0.29) is 6.04 Å². The van der Waals surface area contributed by atoms with Crippen molar-refractivity contribution in [3.05, 3.63) is 45.8 Å². The van der Waals surface area contributed by atoms with Crippen LogP contribution in [0.1, 0.15) is 18.9 Å². The van der Waals surface area contributed by atoms with Gasteiger partial charge in [-0.1, -0.05) is 25.1 Å². The molecule has 90 valence electrons. The number of nitrogens with zero attached hydrogens (tertiary/aromatic N) is 2. The summed E-state index contributed by atoms with van der Waals surface area (Å²) in [5, 5.41) is 4.35. The first kappa shape index (κ1) is 12.6. The topological polar surface area (TPSA) is 43.8 Å². The lowest BCUT2D eigenvalue weighted by Crippen LogP contribution is -2.22. The summed E-state index contributed by atoms with van der Waals surface area (Å²) in [7, 11) is 0. The predicted molar refractivity (Wildman–Crippen MR) is 78.3 cm³/mol. The third-order valence-corrected chi connectivity index (χ3v) is 3.35. The number of rotatable bonds is 4. The second kappa shape index (κ2) is 5.64. The Morgan fingerprint density at radius 3 is 2.82 bits per heavy atom. The van der Waals surface area contributed by atoms with Crippen molar-refractivity contribution in [3.8, 4) is 5.69 Å². The van der Waals surface area contributed by atoms with Crippen molar-refractivity contribution in [1.29, 1.82) is 0 Å². The van der Waals surface area contributed by atoms with Gasteiger partial charge in [0.25, 0.3) is 0 Å². The van der Waals surface area contributed by atoms with E-state index in [9.17, 15) is 0 Å². The van der Waals surface area contributed by atoms with Gasteiger partial charge in [-0.25, -0.2) is 4.68 Å². The standard InChI is InChI=1S/C13H16IN3/c1-2-12(15)7-10-5-3-4-6-13(10)17-9-11(14)8-16-17/h3-6,8-9,12H,2,7,15H2,1H3. The second-order valence-corrected chi connectivity index (χ2v) is 5.35. The van der Waals surface area contributed by atoms with Gasteiger partial charge in [0.2, 0.25) is 0 Å². The fourth-order valence-electron chi connectivity index (χ4n) is 1.77. The summed E-state index contributed by atoms with van der Waals surface area (Å²) < 4.78 is 3.05. The van der Waals surface area contributed by atoms with Gasteiger partial charge < -0.3 is 5.73 Å². The normalized spacial score (nSPS) is 12.6. The molecule has 2 aromatic rings. The summed E-state index contributed by atoms with van der Waals surface area (Å²) in [6, 6.07) is 8.51. The highest BCUT2D eigenvalue weighted by molar-refractivity contribution is 14.1. The maximum absolute atomic E-state index is 6.03. The third kappa shape index (κ3) is 3.07. The van der Waals surface area contributed by atoms with Crippen molar-refractivity contribution in [1.82, 2.24) is 9.78 Å². The monoisotopic (exact) mass is 341 g/mol. The predicted octanol–water partition coefficient (Wildman–Crippen LogP) is 2.76. The lowest BCUT2D eigenvalue weighted by Gasteiger charge is -2.13. The Balaban J connectivity index is 2.33. The molecule has 0 fully saturated rings. The van der Waals surface area contributed by atoms with Gasteiger partial charge in [0.05, 0.1) is 15.5 Å². The van der Waals surface area contributed by atoms with Crippen molar-refractivity contribution < 1.29 is 0 Å². The highest BCUT2D eigenvalue weighted by atomic mass is 127. The molecule has 1 heterocycles. The molecular formula is C13H16IN3. The highest BCUT2D eigenvalue weighted by Crippen LogP contribution is 2.17. The summed E-state index contributed by atoms with van der Waals surface area (Å²) in [5.74, 6) is 0. The molecule has 0 bridgehead atoms. The molecule has 2 rings (SSSR count). The molecule has 0 aliphatic heterocycles. The van der Waals surface area contributed by atoms with Crippen molar-refractivity contribution >= 4 is 22.6 Å². The van der Waals surface area contributed by atoms with E-state index in [0.29, 0.717) is 0 Å². The Labute approximate surface area is 115 Å². The van der Waals surface area contributed by atoms with Crippen LogP contribution >= 0.6 is 22.6 Å². The Bertz CT molecular complexity index is 493. The molecule has 1 aromatic carbocycles. The molecule has 3 nitrogen and oxygen atoms in total. The Morgan fingerprint density at radius 1 is 1.41 bits per heavy atom. The zero-order valence-electron chi connectivity index (χ0n) is 9.81. The van der Waals surface area contributed by atoms with E-state index in [0.717, 1.165) is 22.1 Å². The average Bonchev–Trinajstić information content (AvgIpc) is 2.76. The summed E-state index contributed by atoms with van der Waals surface area (Å²) in [6.07, 6.45) is 5.77. The molecule has 0 saturated heterocycles. The first-order valence-corrected chi connectivity index (χ1v) is 6.82. The van der Waals surface area contributed by atoms with Crippen molar-refractivity contribution in [2.75, 3.05) is 0 Å². The average molecular weight is 341 g/mol. The molecule has 17 heavy (non-hydrogen) atoms. The zero-order chi connectivity index (χ0) is 12.3. The van der Waals surface area contributed by atoms with E-state index in [4.69, 9.17) is 5.73 Å². The van der Waals surface area contributed by atoms with Gasteiger partial charge in [-0.3, -0.25) is 0 Å². The Hall–Kier alpha value is -0.880. The van der Waals surface area contributed by atoms with Crippen LogP contribution in [0.3, 0.4) is 0 Å². The number of halogens is 1. The van der Waals surface area contributed by atoms with Crippen LogP contribution in [0.5, 0.6) is 0 Å². The fraction of sp³-hybridized carbons (Fsp3) is 0.308. The van der Waals surface area contributed by atoms with Crippen LogP contribution in [-0.4, -0.2) is 15.8 Å². The summed E-state index contributed by atoms with van der Waals surface area (Å²) in [4.78, 5) is 0. The highest BCUT2D eigenvalue weighted by Gasteiger charge is 2.08. The number of hydrogen-bond acceptors (Lipinski definition) is 2. The van der Waals surface area contributed by atoms with Gasteiger partial charge in [-0.05, 0) is 47.1 Å². The van der Waals surface area contributed by atoms with Crippen LogP contribution in [0.2, 0.25) is 0 Å². The largest absolute Gasteiger partial charge is 0.327 e. The summed E-state index contributed by atoms with van der Waals surface area (Å²) in [6.45, 7) is 2.12. The Morgan fingerprint density at radius 2 is 2.18 bits per heavy atom. The molecule has 1 unspecified atom stereocenters. The van der Waals surface area contributed by atoms with Gasteiger partial charge in [-0.15, -0.1) is 0 Å². The molecule has 0 amide bonds. The van der Waals surface area contributed by atoms with Crippen LogP contribution in [0, 0.1) is 3.57 Å². The first-order chi connectivity index (χ1) is 8.20. The quantitative estimate of drug-likeness (QED) is 0.869. The molecule has 1 aromatic heterocycles. The molecule has 0 radical (unpaired) electrons. The van der Waals surface area contributed by atoms with Crippen LogP contribution < -0.4 is 5.73 Å². The maximum atomic E-state index is 6.03. The van der Waals surface area contributed by atoms with Crippen LogP contribution in [-0.2, 0) is 6.42 Å². The van der Waals surface area contributed by atoms with Gasteiger partial charge in [0.1, 0.15) is 0 Å². The van der Waals surface area contributed by atoms with Gasteiger partial charge >= 0.3 is 0 Å². The van der Waals surface area contributed by atoms with Crippen LogP contribution in [0.25, 0.3) is 5.69 Å². The summed E-state index contributed by atoms with van der Waals surface area (Å²) >= 11 is 2.26. The summed E-state index contributed by atoms with van der Waals surface area (Å²) in [5.41, 5.74) is 8.40. The number of nitrogens with two attached hydrogens (primary N) is 1. The first-order valence-electron chi connectivity index (χ1n) is 5.74. The molecule has 0 aliphatic carbocycles. The van der Waals surface area contributed by atoms with Crippen LogP contribution in [0.4, 0.5) is 0 Å². The zero-order valence-corrected chi connectivity index (χ0v) is 12.0. The number of para-hydroxylation sites is 1. The minimum Gasteiger partial charge on any atom is -0.327 e. The lowest BCUT2D eigenvalue weighted by molar-refractivity contribution is 0.642. The lowest BCUT2D eigenvalue weighted by atomic mass is 10.0. The van der Waals surface area contributed by atoms with E-state index in [1.807, 2.05) is 23.1 Å². The van der Waals surface area contributed by atoms with E-state index < -0.39 is 0 Å². The second-order valence-electron chi connectivity index (χ2n) is 4.10. The van der Waals surface area contributed by atoms with Crippen molar-refractivity contribution in [3.63, 3.8) is 0 Å². The van der Waals surface area contributed by atoms with E-state index in [2.05, 4.69) is 52.8 Å². The van der Waals surface area contributed by atoms with Gasteiger partial charge in [-0.2, -0.15) is 5.10 Å².